The summed E-state index contributed by atoms with van der Waals surface area (Å²) in [5, 5.41) is 4.55. The molecule has 0 saturated carbocycles. The first-order chi connectivity index (χ1) is 10.9. The fourth-order valence-electron chi connectivity index (χ4n) is 2.67. The van der Waals surface area contributed by atoms with E-state index in [4.69, 9.17) is 4.74 Å². The third kappa shape index (κ3) is 3.95. The van der Waals surface area contributed by atoms with E-state index in [0.29, 0.717) is 25.1 Å². The van der Waals surface area contributed by atoms with Crippen molar-refractivity contribution in [2.45, 2.75) is 44.0 Å². The molecule has 0 aromatic heterocycles. The zero-order chi connectivity index (χ0) is 17.0. The van der Waals surface area contributed by atoms with Crippen molar-refractivity contribution in [1.82, 2.24) is 15.5 Å². The van der Waals surface area contributed by atoms with Crippen LogP contribution in [0, 0.1) is 0 Å². The van der Waals surface area contributed by atoms with Crippen LogP contribution in [-0.2, 0) is 19.1 Å². The number of amides is 4. The number of nitrogens with zero attached hydrogens (tertiary/aromatic N) is 1. The maximum absolute atomic E-state index is 12.1. The predicted octanol–water partition coefficient (Wildman–Crippen LogP) is 0.219. The molecule has 2 saturated heterocycles. The third-order valence-electron chi connectivity index (χ3n) is 3.85. The van der Waals surface area contributed by atoms with Crippen LogP contribution in [0.3, 0.4) is 0 Å². The second-order valence-corrected chi connectivity index (χ2v) is 7.18. The Bertz CT molecular complexity index is 527. The van der Waals surface area contributed by atoms with Crippen LogP contribution >= 0.6 is 11.8 Å². The summed E-state index contributed by atoms with van der Waals surface area (Å²) in [4.78, 5) is 48.1. The minimum Gasteiger partial charge on any atom is -0.454 e. The molecular weight excluding hydrogens is 322 g/mol. The van der Waals surface area contributed by atoms with Gasteiger partial charge in [0.15, 0.2) is 6.61 Å². The number of fused-ring (bicyclic) bond motifs is 1. The standard InChI is InChI=1S/C14H21N3O5S/c1-3-6-15-13(21)16-10(18)7-22-12(20)9-8-23-14(2)5-4-11(19)17(9)14/h9H,3-8H2,1-2H3,(H2,15,16,18,21)/t9-,14-/m0/s1. The number of esters is 1. The lowest BCUT2D eigenvalue weighted by molar-refractivity contribution is -0.156. The van der Waals surface area contributed by atoms with Crippen molar-refractivity contribution < 1.29 is 23.9 Å². The quantitative estimate of drug-likeness (QED) is 0.692. The molecule has 2 heterocycles. The van der Waals surface area contributed by atoms with E-state index in [-0.39, 0.29) is 10.8 Å². The molecule has 23 heavy (non-hydrogen) atoms. The summed E-state index contributed by atoms with van der Waals surface area (Å²) in [6.07, 6.45) is 1.88. The first kappa shape index (κ1) is 17.6. The molecule has 0 bridgehead atoms. The number of hydrogen-bond acceptors (Lipinski definition) is 6. The molecule has 0 aromatic rings. The molecule has 2 rings (SSSR count). The van der Waals surface area contributed by atoms with E-state index in [1.807, 2.05) is 13.8 Å². The molecule has 0 unspecified atom stereocenters. The molecule has 0 aliphatic carbocycles. The first-order valence-electron chi connectivity index (χ1n) is 7.58. The number of carbonyl (C=O) groups is 4. The van der Waals surface area contributed by atoms with E-state index in [2.05, 4.69) is 10.6 Å². The second kappa shape index (κ2) is 7.20. The summed E-state index contributed by atoms with van der Waals surface area (Å²) in [6.45, 7) is 3.73. The Labute approximate surface area is 138 Å². The lowest BCUT2D eigenvalue weighted by atomic mass is 10.2. The highest BCUT2D eigenvalue weighted by molar-refractivity contribution is 8.01. The van der Waals surface area contributed by atoms with Crippen LogP contribution in [-0.4, -0.2) is 58.5 Å². The Kier molecular flexibility index (Phi) is 5.51. The molecule has 2 aliphatic rings. The van der Waals surface area contributed by atoms with Crippen molar-refractivity contribution in [2.75, 3.05) is 18.9 Å². The van der Waals surface area contributed by atoms with Crippen LogP contribution in [0.1, 0.15) is 33.1 Å². The van der Waals surface area contributed by atoms with Gasteiger partial charge in [0.2, 0.25) is 5.91 Å². The van der Waals surface area contributed by atoms with Crippen molar-refractivity contribution in [2.24, 2.45) is 0 Å². The number of nitrogens with one attached hydrogen (secondary N) is 2. The number of rotatable bonds is 5. The van der Waals surface area contributed by atoms with Gasteiger partial charge in [0.05, 0.1) is 4.87 Å². The first-order valence-corrected chi connectivity index (χ1v) is 8.56. The SMILES string of the molecule is CCCNC(=O)NC(=O)COC(=O)[C@@H]1CS[C@@]2(C)CCC(=O)N12. The van der Waals surface area contributed by atoms with E-state index >= 15 is 0 Å². The van der Waals surface area contributed by atoms with Crippen LogP contribution in [0.5, 0.6) is 0 Å². The van der Waals surface area contributed by atoms with Crippen LogP contribution in [0.15, 0.2) is 0 Å². The summed E-state index contributed by atoms with van der Waals surface area (Å²) in [5.74, 6) is -0.920. The highest BCUT2D eigenvalue weighted by Crippen LogP contribution is 2.47. The predicted molar refractivity (Wildman–Crippen MR) is 83.5 cm³/mol. The zero-order valence-electron chi connectivity index (χ0n) is 13.2. The number of imide groups is 1. The van der Waals surface area contributed by atoms with Gasteiger partial charge in [0.1, 0.15) is 6.04 Å². The molecule has 9 heteroatoms. The van der Waals surface area contributed by atoms with Gasteiger partial charge in [-0.05, 0) is 19.8 Å². The number of carbonyl (C=O) groups excluding carboxylic acids is 4. The van der Waals surface area contributed by atoms with Gasteiger partial charge in [-0.15, -0.1) is 11.8 Å². The summed E-state index contributed by atoms with van der Waals surface area (Å²) in [6, 6.07) is -1.28. The lowest BCUT2D eigenvalue weighted by Gasteiger charge is -2.29. The van der Waals surface area contributed by atoms with Gasteiger partial charge < -0.3 is 15.0 Å². The van der Waals surface area contributed by atoms with Crippen LogP contribution in [0.25, 0.3) is 0 Å². The number of urea groups is 1. The Morgan fingerprint density at radius 2 is 2.17 bits per heavy atom. The number of hydrogen-bond donors (Lipinski definition) is 2. The van der Waals surface area contributed by atoms with Gasteiger partial charge in [-0.3, -0.25) is 14.9 Å². The fourth-order valence-corrected chi connectivity index (χ4v) is 4.09. The number of thioether (sulfide) groups is 1. The smallest absolute Gasteiger partial charge is 0.330 e. The molecule has 2 aliphatic heterocycles. The van der Waals surface area contributed by atoms with E-state index in [1.165, 1.54) is 0 Å². The highest BCUT2D eigenvalue weighted by Gasteiger charge is 2.53. The Morgan fingerprint density at radius 1 is 1.43 bits per heavy atom. The highest BCUT2D eigenvalue weighted by atomic mass is 32.2. The zero-order valence-corrected chi connectivity index (χ0v) is 14.0. The molecule has 0 radical (unpaired) electrons. The molecule has 0 spiro atoms. The Balaban J connectivity index is 1.80. The minimum atomic E-state index is -0.701. The summed E-state index contributed by atoms with van der Waals surface area (Å²) in [7, 11) is 0. The lowest BCUT2D eigenvalue weighted by Crippen LogP contribution is -2.47. The average molecular weight is 343 g/mol. The van der Waals surface area contributed by atoms with Gasteiger partial charge in [-0.2, -0.15) is 0 Å². The molecule has 4 amide bonds. The molecule has 2 fully saturated rings. The molecule has 128 valence electrons. The molecule has 0 aromatic carbocycles. The summed E-state index contributed by atoms with van der Waals surface area (Å²) < 4.78 is 4.96. The largest absolute Gasteiger partial charge is 0.454 e. The van der Waals surface area contributed by atoms with Gasteiger partial charge in [0, 0.05) is 18.7 Å². The van der Waals surface area contributed by atoms with E-state index in [1.54, 1.807) is 16.7 Å². The third-order valence-corrected chi connectivity index (χ3v) is 5.36. The molecular formula is C14H21N3O5S. The monoisotopic (exact) mass is 343 g/mol. The Hall–Kier alpha value is -1.77. The van der Waals surface area contributed by atoms with Gasteiger partial charge >= 0.3 is 12.0 Å². The van der Waals surface area contributed by atoms with Crippen LogP contribution in [0.4, 0.5) is 4.79 Å². The number of ether oxygens (including phenoxy) is 1. The molecule has 2 N–H and O–H groups in total. The average Bonchev–Trinajstić information content (AvgIpc) is 2.99. The Morgan fingerprint density at radius 3 is 2.87 bits per heavy atom. The van der Waals surface area contributed by atoms with E-state index in [9.17, 15) is 19.2 Å². The van der Waals surface area contributed by atoms with Crippen molar-refractivity contribution in [1.29, 1.82) is 0 Å². The minimum absolute atomic E-state index is 0.0668. The molecule has 8 nitrogen and oxygen atoms in total. The van der Waals surface area contributed by atoms with Crippen molar-refractivity contribution >= 4 is 35.6 Å². The van der Waals surface area contributed by atoms with E-state index < -0.39 is 30.6 Å². The normalized spacial score (nSPS) is 25.9. The summed E-state index contributed by atoms with van der Waals surface area (Å²) in [5.41, 5.74) is 0. The second-order valence-electron chi connectivity index (χ2n) is 5.68. The molecule has 2 atom stereocenters. The van der Waals surface area contributed by atoms with Gasteiger partial charge in [-0.1, -0.05) is 6.92 Å². The maximum atomic E-state index is 12.1. The van der Waals surface area contributed by atoms with Crippen LogP contribution in [0.2, 0.25) is 0 Å². The van der Waals surface area contributed by atoms with Crippen molar-refractivity contribution in [3.05, 3.63) is 0 Å². The van der Waals surface area contributed by atoms with Gasteiger partial charge in [-0.25, -0.2) is 9.59 Å². The topological polar surface area (TPSA) is 105 Å². The van der Waals surface area contributed by atoms with Crippen LogP contribution < -0.4 is 10.6 Å². The maximum Gasteiger partial charge on any atom is 0.330 e. The fraction of sp³-hybridized carbons (Fsp3) is 0.714. The van der Waals surface area contributed by atoms with E-state index in [0.717, 1.165) is 6.42 Å². The summed E-state index contributed by atoms with van der Waals surface area (Å²) >= 11 is 1.55. The van der Waals surface area contributed by atoms with Crippen molar-refractivity contribution in [3.8, 4) is 0 Å². The van der Waals surface area contributed by atoms with Crippen molar-refractivity contribution in [3.63, 3.8) is 0 Å². The van der Waals surface area contributed by atoms with Gasteiger partial charge in [0.25, 0.3) is 5.91 Å².